The summed E-state index contributed by atoms with van der Waals surface area (Å²) in [6.07, 6.45) is 6.06. The van der Waals surface area contributed by atoms with Crippen molar-refractivity contribution in [3.05, 3.63) is 0 Å². The molecule has 0 fully saturated rings. The Kier molecular flexibility index (Phi) is 8.46. The first-order valence-corrected chi connectivity index (χ1v) is 5.57. The molecule has 0 rings (SSSR count). The van der Waals surface area contributed by atoms with Crippen LogP contribution >= 0.6 is 0 Å². The molecule has 80 valence electrons. The van der Waals surface area contributed by atoms with Gasteiger partial charge in [-0.1, -0.05) is 20.3 Å². The fraction of sp³-hybridized carbons (Fsp3) is 1.00. The quantitative estimate of drug-likeness (QED) is 0.593. The standard InChI is InChI=1S/C11H25NO/c1-4-7-10(3)13-9-6-8-11(12)5-2/h10-11H,4-9,12H2,1-3H3. The lowest BCUT2D eigenvalue weighted by Crippen LogP contribution is -2.19. The van der Waals surface area contributed by atoms with Gasteiger partial charge in [-0.2, -0.15) is 0 Å². The molecular formula is C11H25NO. The van der Waals surface area contributed by atoms with Crippen molar-refractivity contribution in [2.24, 2.45) is 5.73 Å². The smallest absolute Gasteiger partial charge is 0.0546 e. The molecule has 0 aromatic rings. The third-order valence-electron chi connectivity index (χ3n) is 2.34. The predicted molar refractivity (Wildman–Crippen MR) is 57.8 cm³/mol. The molecule has 0 aromatic heterocycles. The van der Waals surface area contributed by atoms with Crippen molar-refractivity contribution in [2.45, 2.75) is 65.0 Å². The van der Waals surface area contributed by atoms with Crippen LogP contribution in [0.2, 0.25) is 0 Å². The van der Waals surface area contributed by atoms with E-state index in [0.29, 0.717) is 12.1 Å². The van der Waals surface area contributed by atoms with E-state index in [1.165, 1.54) is 12.8 Å². The van der Waals surface area contributed by atoms with Crippen LogP contribution in [0.5, 0.6) is 0 Å². The summed E-state index contributed by atoms with van der Waals surface area (Å²) in [6, 6.07) is 0.366. The molecular weight excluding hydrogens is 162 g/mol. The first-order chi connectivity index (χ1) is 6.20. The van der Waals surface area contributed by atoms with Gasteiger partial charge in [0.25, 0.3) is 0 Å². The zero-order chi connectivity index (χ0) is 10.1. The maximum atomic E-state index is 5.79. The van der Waals surface area contributed by atoms with Crippen molar-refractivity contribution in [3.8, 4) is 0 Å². The van der Waals surface area contributed by atoms with E-state index in [0.717, 1.165) is 25.9 Å². The maximum absolute atomic E-state index is 5.79. The molecule has 0 aliphatic carbocycles. The first-order valence-electron chi connectivity index (χ1n) is 5.57. The van der Waals surface area contributed by atoms with Crippen LogP contribution in [0.25, 0.3) is 0 Å². The Morgan fingerprint density at radius 3 is 2.46 bits per heavy atom. The summed E-state index contributed by atoms with van der Waals surface area (Å²) in [6.45, 7) is 7.33. The third-order valence-corrected chi connectivity index (χ3v) is 2.34. The van der Waals surface area contributed by atoms with Gasteiger partial charge in [-0.25, -0.2) is 0 Å². The molecule has 2 unspecified atom stereocenters. The lowest BCUT2D eigenvalue weighted by atomic mass is 10.1. The summed E-state index contributed by atoms with van der Waals surface area (Å²) in [5.41, 5.74) is 5.79. The molecule has 2 atom stereocenters. The fourth-order valence-corrected chi connectivity index (χ4v) is 1.32. The van der Waals surface area contributed by atoms with E-state index in [-0.39, 0.29) is 0 Å². The number of hydrogen-bond acceptors (Lipinski definition) is 2. The predicted octanol–water partition coefficient (Wildman–Crippen LogP) is 2.71. The van der Waals surface area contributed by atoms with Crippen LogP contribution in [0.3, 0.4) is 0 Å². The third kappa shape index (κ3) is 8.26. The molecule has 0 aromatic carbocycles. The normalized spacial score (nSPS) is 15.7. The zero-order valence-electron chi connectivity index (χ0n) is 9.38. The SMILES string of the molecule is CCCC(C)OCCCC(N)CC. The minimum absolute atomic E-state index is 0.366. The Labute approximate surface area is 82.8 Å². The summed E-state index contributed by atoms with van der Waals surface area (Å²) in [5.74, 6) is 0. The molecule has 2 heteroatoms. The van der Waals surface area contributed by atoms with Gasteiger partial charge in [0.2, 0.25) is 0 Å². The molecule has 0 saturated heterocycles. The van der Waals surface area contributed by atoms with E-state index in [9.17, 15) is 0 Å². The first kappa shape index (κ1) is 12.9. The van der Waals surface area contributed by atoms with Crippen LogP contribution in [0, 0.1) is 0 Å². The van der Waals surface area contributed by atoms with Gasteiger partial charge in [-0.05, 0) is 32.6 Å². The van der Waals surface area contributed by atoms with Crippen LogP contribution in [0.15, 0.2) is 0 Å². The molecule has 0 amide bonds. The molecule has 13 heavy (non-hydrogen) atoms. The maximum Gasteiger partial charge on any atom is 0.0546 e. The summed E-state index contributed by atoms with van der Waals surface area (Å²) < 4.78 is 5.62. The van der Waals surface area contributed by atoms with Crippen LogP contribution in [-0.4, -0.2) is 18.8 Å². The van der Waals surface area contributed by atoms with E-state index in [4.69, 9.17) is 10.5 Å². The summed E-state index contributed by atoms with van der Waals surface area (Å²) in [7, 11) is 0. The van der Waals surface area contributed by atoms with Crippen LogP contribution in [-0.2, 0) is 4.74 Å². The molecule has 0 spiro atoms. The van der Waals surface area contributed by atoms with Crippen LogP contribution < -0.4 is 5.73 Å². The van der Waals surface area contributed by atoms with Crippen LogP contribution in [0.1, 0.15) is 52.9 Å². The van der Waals surface area contributed by atoms with Gasteiger partial charge >= 0.3 is 0 Å². The second kappa shape index (κ2) is 8.52. The second-order valence-electron chi connectivity index (χ2n) is 3.78. The van der Waals surface area contributed by atoms with Gasteiger partial charge in [0.15, 0.2) is 0 Å². The highest BCUT2D eigenvalue weighted by Gasteiger charge is 2.01. The summed E-state index contributed by atoms with van der Waals surface area (Å²) >= 11 is 0. The number of nitrogens with two attached hydrogens (primary N) is 1. The van der Waals surface area contributed by atoms with E-state index in [1.807, 2.05) is 0 Å². The number of rotatable bonds is 8. The molecule has 0 saturated carbocycles. The van der Waals surface area contributed by atoms with Crippen molar-refractivity contribution in [1.29, 1.82) is 0 Å². The Balaban J connectivity index is 3.15. The Hall–Kier alpha value is -0.0800. The molecule has 0 aliphatic rings. The van der Waals surface area contributed by atoms with Gasteiger partial charge < -0.3 is 10.5 Å². The molecule has 0 bridgehead atoms. The molecule has 2 nitrogen and oxygen atoms in total. The number of ether oxygens (including phenoxy) is 1. The van der Waals surface area contributed by atoms with E-state index < -0.39 is 0 Å². The van der Waals surface area contributed by atoms with Gasteiger partial charge in [0.1, 0.15) is 0 Å². The Morgan fingerprint density at radius 2 is 1.92 bits per heavy atom. The lowest BCUT2D eigenvalue weighted by Gasteiger charge is -2.13. The van der Waals surface area contributed by atoms with E-state index >= 15 is 0 Å². The van der Waals surface area contributed by atoms with E-state index in [2.05, 4.69) is 20.8 Å². The minimum atomic E-state index is 0.366. The monoisotopic (exact) mass is 187 g/mol. The number of hydrogen-bond donors (Lipinski definition) is 1. The zero-order valence-corrected chi connectivity index (χ0v) is 9.38. The second-order valence-corrected chi connectivity index (χ2v) is 3.78. The lowest BCUT2D eigenvalue weighted by molar-refractivity contribution is 0.0565. The molecule has 0 radical (unpaired) electrons. The van der Waals surface area contributed by atoms with Crippen molar-refractivity contribution in [1.82, 2.24) is 0 Å². The van der Waals surface area contributed by atoms with Crippen molar-refractivity contribution >= 4 is 0 Å². The highest BCUT2D eigenvalue weighted by atomic mass is 16.5. The largest absolute Gasteiger partial charge is 0.379 e. The molecule has 2 N–H and O–H groups in total. The van der Waals surface area contributed by atoms with Gasteiger partial charge in [-0.3, -0.25) is 0 Å². The highest BCUT2D eigenvalue weighted by Crippen LogP contribution is 2.04. The summed E-state index contributed by atoms with van der Waals surface area (Å²) in [5, 5.41) is 0. The Morgan fingerprint density at radius 1 is 1.23 bits per heavy atom. The fourth-order valence-electron chi connectivity index (χ4n) is 1.32. The van der Waals surface area contributed by atoms with Gasteiger partial charge in [-0.15, -0.1) is 0 Å². The molecule has 0 heterocycles. The van der Waals surface area contributed by atoms with Gasteiger partial charge in [0.05, 0.1) is 6.10 Å². The average Bonchev–Trinajstić information content (AvgIpc) is 2.12. The van der Waals surface area contributed by atoms with Crippen LogP contribution in [0.4, 0.5) is 0 Å². The van der Waals surface area contributed by atoms with Crippen molar-refractivity contribution < 1.29 is 4.74 Å². The Bertz CT molecular complexity index is 106. The molecule has 0 aliphatic heterocycles. The summed E-state index contributed by atoms with van der Waals surface area (Å²) in [4.78, 5) is 0. The minimum Gasteiger partial charge on any atom is -0.379 e. The van der Waals surface area contributed by atoms with E-state index in [1.54, 1.807) is 0 Å². The van der Waals surface area contributed by atoms with Crippen molar-refractivity contribution in [2.75, 3.05) is 6.61 Å². The highest BCUT2D eigenvalue weighted by molar-refractivity contribution is 4.58. The average molecular weight is 187 g/mol. The van der Waals surface area contributed by atoms with Gasteiger partial charge in [0, 0.05) is 12.6 Å². The van der Waals surface area contributed by atoms with Crippen molar-refractivity contribution in [3.63, 3.8) is 0 Å². The topological polar surface area (TPSA) is 35.2 Å².